The van der Waals surface area contributed by atoms with Crippen molar-refractivity contribution in [1.29, 1.82) is 0 Å². The highest BCUT2D eigenvalue weighted by Gasteiger charge is 2.69. The van der Waals surface area contributed by atoms with Gasteiger partial charge < -0.3 is 15.2 Å². The molecule has 140 valence electrons. The Labute approximate surface area is 155 Å². The predicted molar refractivity (Wildman–Crippen MR) is 101 cm³/mol. The molecule has 0 radical (unpaired) electrons. The molecule has 2 aromatic carbocycles. The van der Waals surface area contributed by atoms with Gasteiger partial charge in [-0.15, -0.1) is 0 Å². The van der Waals surface area contributed by atoms with Crippen LogP contribution < -0.4 is 10.5 Å². The fourth-order valence-electron chi connectivity index (χ4n) is 3.51. The molecule has 2 N–H and O–H groups in total. The first-order valence-corrected chi connectivity index (χ1v) is 10.2. The van der Waals surface area contributed by atoms with Crippen molar-refractivity contribution in [2.45, 2.75) is 35.4 Å². The molecule has 0 bridgehead atoms. The molecule has 2 aromatic rings. The number of nitrogens with two attached hydrogens (primary N) is 1. The lowest BCUT2D eigenvalue weighted by molar-refractivity contribution is 0.125. The Morgan fingerprint density at radius 2 is 1.69 bits per heavy atom. The maximum Gasteiger partial charge on any atom is 0.183 e. The van der Waals surface area contributed by atoms with E-state index < -0.39 is 20.6 Å². The number of aryl methyl sites for hydroxylation is 1. The predicted octanol–water partition coefficient (Wildman–Crippen LogP) is 2.68. The summed E-state index contributed by atoms with van der Waals surface area (Å²) in [5.41, 5.74) is 7.50. The standard InChI is InChI=1S/C20H25NO4S/c1-4-25-13-20(21)18(15-7-9-16(24-3)10-8-15)19(20)26(22,23)17-11-5-14(2)6-12-17/h5-12,18-19H,4,13,21H2,1-3H3/t18-,19+,20+/m1/s1. The molecule has 1 saturated carbocycles. The first-order chi connectivity index (χ1) is 12.3. The summed E-state index contributed by atoms with van der Waals surface area (Å²) in [6.07, 6.45) is 0. The van der Waals surface area contributed by atoms with Gasteiger partial charge >= 0.3 is 0 Å². The van der Waals surface area contributed by atoms with E-state index in [1.54, 1.807) is 31.4 Å². The summed E-state index contributed by atoms with van der Waals surface area (Å²) >= 11 is 0. The average molecular weight is 375 g/mol. The van der Waals surface area contributed by atoms with Crippen LogP contribution in [0.1, 0.15) is 24.0 Å². The van der Waals surface area contributed by atoms with Gasteiger partial charge in [0.1, 0.15) is 5.75 Å². The number of benzene rings is 2. The van der Waals surface area contributed by atoms with Crippen molar-refractivity contribution in [1.82, 2.24) is 0 Å². The van der Waals surface area contributed by atoms with Gasteiger partial charge in [-0.1, -0.05) is 29.8 Å². The fraction of sp³-hybridized carbons (Fsp3) is 0.400. The van der Waals surface area contributed by atoms with Gasteiger partial charge in [0.15, 0.2) is 9.84 Å². The van der Waals surface area contributed by atoms with Crippen molar-refractivity contribution in [3.05, 3.63) is 59.7 Å². The van der Waals surface area contributed by atoms with Crippen LogP contribution in [0.4, 0.5) is 0 Å². The van der Waals surface area contributed by atoms with E-state index >= 15 is 0 Å². The van der Waals surface area contributed by atoms with E-state index in [0.717, 1.165) is 16.9 Å². The summed E-state index contributed by atoms with van der Waals surface area (Å²) < 4.78 is 37.2. The zero-order valence-electron chi connectivity index (χ0n) is 15.3. The summed E-state index contributed by atoms with van der Waals surface area (Å²) in [5, 5.41) is -0.711. The molecule has 26 heavy (non-hydrogen) atoms. The number of rotatable bonds is 7. The lowest BCUT2D eigenvalue weighted by Gasteiger charge is -2.12. The van der Waals surface area contributed by atoms with Crippen LogP contribution in [0.25, 0.3) is 0 Å². The van der Waals surface area contributed by atoms with E-state index in [-0.39, 0.29) is 12.5 Å². The Morgan fingerprint density at radius 3 is 2.23 bits per heavy atom. The van der Waals surface area contributed by atoms with Crippen molar-refractivity contribution >= 4 is 9.84 Å². The first-order valence-electron chi connectivity index (χ1n) is 8.65. The van der Waals surface area contributed by atoms with E-state index in [1.807, 2.05) is 38.1 Å². The summed E-state index contributed by atoms with van der Waals surface area (Å²) in [7, 11) is -1.97. The molecule has 0 aliphatic heterocycles. The number of ether oxygens (including phenoxy) is 2. The highest BCUT2D eigenvalue weighted by molar-refractivity contribution is 7.92. The van der Waals surface area contributed by atoms with Crippen LogP contribution in [0.2, 0.25) is 0 Å². The smallest absolute Gasteiger partial charge is 0.183 e. The van der Waals surface area contributed by atoms with Crippen LogP contribution in [0.5, 0.6) is 5.75 Å². The first kappa shape index (κ1) is 18.9. The van der Waals surface area contributed by atoms with Crippen LogP contribution >= 0.6 is 0 Å². The van der Waals surface area contributed by atoms with Gasteiger partial charge in [-0.3, -0.25) is 0 Å². The minimum Gasteiger partial charge on any atom is -0.497 e. The Kier molecular flexibility index (Phi) is 5.10. The quantitative estimate of drug-likeness (QED) is 0.805. The Hall–Kier alpha value is -1.89. The molecule has 0 heterocycles. The zero-order valence-corrected chi connectivity index (χ0v) is 16.1. The topological polar surface area (TPSA) is 78.6 Å². The highest BCUT2D eigenvalue weighted by Crippen LogP contribution is 2.55. The normalized spacial score (nSPS) is 25.1. The molecule has 3 rings (SSSR count). The second-order valence-electron chi connectivity index (χ2n) is 6.78. The van der Waals surface area contributed by atoms with Crippen LogP contribution in [0.15, 0.2) is 53.4 Å². The monoisotopic (exact) mass is 375 g/mol. The van der Waals surface area contributed by atoms with Crippen molar-refractivity contribution in [3.63, 3.8) is 0 Å². The zero-order chi connectivity index (χ0) is 18.9. The third-order valence-corrected chi connectivity index (χ3v) is 7.33. The SMILES string of the molecule is CCOC[C@]1(N)[C@H](c2ccc(OC)cc2)[C@@H]1S(=O)(=O)c1ccc(C)cc1. The maximum atomic E-state index is 13.2. The van der Waals surface area contributed by atoms with E-state index in [1.165, 1.54) is 0 Å². The van der Waals surface area contributed by atoms with Crippen LogP contribution in [0, 0.1) is 6.92 Å². The van der Waals surface area contributed by atoms with Crippen molar-refractivity contribution in [2.24, 2.45) is 5.73 Å². The van der Waals surface area contributed by atoms with Crippen molar-refractivity contribution in [2.75, 3.05) is 20.3 Å². The van der Waals surface area contributed by atoms with Crippen LogP contribution in [-0.4, -0.2) is 39.5 Å². The van der Waals surface area contributed by atoms with Crippen LogP contribution in [0.3, 0.4) is 0 Å². The summed E-state index contributed by atoms with van der Waals surface area (Å²) in [6, 6.07) is 14.3. The second kappa shape index (κ2) is 7.02. The lowest BCUT2D eigenvalue weighted by Crippen LogP contribution is -2.36. The minimum absolute atomic E-state index is 0.204. The maximum absolute atomic E-state index is 13.2. The molecule has 1 aliphatic carbocycles. The van der Waals surface area contributed by atoms with Gasteiger partial charge in [-0.25, -0.2) is 8.42 Å². The average Bonchev–Trinajstić information content (AvgIpc) is 3.27. The number of methoxy groups -OCH3 is 1. The number of hydrogen-bond acceptors (Lipinski definition) is 5. The van der Waals surface area contributed by atoms with E-state index in [2.05, 4.69) is 0 Å². The van der Waals surface area contributed by atoms with E-state index in [4.69, 9.17) is 15.2 Å². The molecule has 6 heteroatoms. The largest absolute Gasteiger partial charge is 0.497 e. The molecule has 0 spiro atoms. The van der Waals surface area contributed by atoms with E-state index in [9.17, 15) is 8.42 Å². The van der Waals surface area contributed by atoms with Crippen LogP contribution in [-0.2, 0) is 14.6 Å². The molecule has 0 amide bonds. The molecule has 0 aromatic heterocycles. The van der Waals surface area contributed by atoms with Crippen molar-refractivity contribution in [3.8, 4) is 5.75 Å². The van der Waals surface area contributed by atoms with Gasteiger partial charge in [0.05, 0.1) is 29.4 Å². The van der Waals surface area contributed by atoms with Crippen molar-refractivity contribution < 1.29 is 17.9 Å². The molecular formula is C20H25NO4S. The number of hydrogen-bond donors (Lipinski definition) is 1. The Bertz CT molecular complexity index is 862. The van der Waals surface area contributed by atoms with E-state index in [0.29, 0.717) is 11.5 Å². The van der Waals surface area contributed by atoms with Gasteiger partial charge in [-0.05, 0) is 43.7 Å². The molecule has 5 nitrogen and oxygen atoms in total. The second-order valence-corrected chi connectivity index (χ2v) is 8.85. The molecule has 0 saturated heterocycles. The third-order valence-electron chi connectivity index (χ3n) is 5.02. The Morgan fingerprint density at radius 1 is 1.08 bits per heavy atom. The Balaban J connectivity index is 1.97. The van der Waals surface area contributed by atoms with Gasteiger partial charge in [0.2, 0.25) is 0 Å². The lowest BCUT2D eigenvalue weighted by atomic mass is 10.1. The fourth-order valence-corrected chi connectivity index (χ4v) is 5.80. The molecular weight excluding hydrogens is 350 g/mol. The summed E-state index contributed by atoms with van der Waals surface area (Å²) in [5.74, 6) is 0.408. The third kappa shape index (κ3) is 3.24. The number of sulfone groups is 1. The molecule has 1 aliphatic rings. The van der Waals surface area contributed by atoms with Gasteiger partial charge in [0, 0.05) is 12.5 Å². The molecule has 1 fully saturated rings. The van der Waals surface area contributed by atoms with Gasteiger partial charge in [0.25, 0.3) is 0 Å². The minimum atomic E-state index is -3.57. The highest BCUT2D eigenvalue weighted by atomic mass is 32.2. The van der Waals surface area contributed by atoms with Gasteiger partial charge in [-0.2, -0.15) is 0 Å². The molecule has 3 atom stereocenters. The molecule has 0 unspecified atom stereocenters. The summed E-state index contributed by atoms with van der Waals surface area (Å²) in [6.45, 7) is 4.50. The summed E-state index contributed by atoms with van der Waals surface area (Å²) in [4.78, 5) is 0.301.